The molecule has 3 nitrogen and oxygen atoms in total. The molecular formula is C10H13NO2S2. The molecule has 82 valence electrons. The first-order chi connectivity index (χ1) is 7.20. The minimum absolute atomic E-state index is 0.114. The van der Waals surface area contributed by atoms with E-state index < -0.39 is 5.97 Å². The maximum absolute atomic E-state index is 10.4. The molecule has 5 heteroatoms. The number of aliphatic carboxylic acids is 1. The van der Waals surface area contributed by atoms with E-state index >= 15 is 0 Å². The molecule has 0 aliphatic heterocycles. The number of carbonyl (C=O) groups is 1. The highest BCUT2D eigenvalue weighted by molar-refractivity contribution is 8.01. The Balaban J connectivity index is 2.07. The molecule has 1 aliphatic carbocycles. The molecule has 0 radical (unpaired) electrons. The van der Waals surface area contributed by atoms with E-state index in [-0.39, 0.29) is 5.75 Å². The molecule has 2 rings (SSSR count). The first-order valence-electron chi connectivity index (χ1n) is 5.05. The Bertz CT molecular complexity index is 375. The van der Waals surface area contributed by atoms with E-state index in [2.05, 4.69) is 11.9 Å². The van der Waals surface area contributed by atoms with E-state index in [4.69, 9.17) is 5.11 Å². The van der Waals surface area contributed by atoms with E-state index in [1.807, 2.05) is 0 Å². The summed E-state index contributed by atoms with van der Waals surface area (Å²) < 4.78 is 0.917. The van der Waals surface area contributed by atoms with Crippen LogP contribution in [0.1, 0.15) is 36.3 Å². The summed E-state index contributed by atoms with van der Waals surface area (Å²) in [4.78, 5) is 16.3. The number of fused-ring (bicyclic) bond motifs is 1. The molecular weight excluding hydrogens is 230 g/mol. The van der Waals surface area contributed by atoms with E-state index in [9.17, 15) is 4.79 Å². The van der Waals surface area contributed by atoms with Gasteiger partial charge in [0.05, 0.1) is 11.4 Å². The Morgan fingerprint density at radius 3 is 3.20 bits per heavy atom. The Hall–Kier alpha value is -0.550. The van der Waals surface area contributed by atoms with Gasteiger partial charge in [0, 0.05) is 10.8 Å². The first kappa shape index (κ1) is 11.0. The average molecular weight is 243 g/mol. The molecule has 0 fully saturated rings. The van der Waals surface area contributed by atoms with Crippen LogP contribution in [0.4, 0.5) is 0 Å². The van der Waals surface area contributed by atoms with Gasteiger partial charge in [-0.1, -0.05) is 18.7 Å². The number of carboxylic acid groups (broad SMARTS) is 1. The first-order valence-corrected chi connectivity index (χ1v) is 6.85. The predicted octanol–water partition coefficient (Wildman–Crippen LogP) is 2.76. The molecule has 0 amide bonds. The van der Waals surface area contributed by atoms with Gasteiger partial charge in [0.2, 0.25) is 0 Å². The SMILES string of the molecule is CCC1CCc2sc(SCC(=O)O)nc21. The zero-order chi connectivity index (χ0) is 10.8. The fourth-order valence-corrected chi connectivity index (χ4v) is 3.88. The summed E-state index contributed by atoms with van der Waals surface area (Å²) in [5.74, 6) is -0.0544. The highest BCUT2D eigenvalue weighted by atomic mass is 32.2. The van der Waals surface area contributed by atoms with Crippen molar-refractivity contribution in [2.45, 2.75) is 36.4 Å². The molecule has 15 heavy (non-hydrogen) atoms. The second-order valence-electron chi connectivity index (χ2n) is 3.61. The van der Waals surface area contributed by atoms with Crippen LogP contribution in [0.25, 0.3) is 0 Å². The van der Waals surface area contributed by atoms with Crippen molar-refractivity contribution >= 4 is 29.1 Å². The van der Waals surface area contributed by atoms with Gasteiger partial charge in [-0.3, -0.25) is 4.79 Å². The number of thioether (sulfide) groups is 1. The zero-order valence-electron chi connectivity index (χ0n) is 8.52. The third kappa shape index (κ3) is 2.34. The Kier molecular flexibility index (Phi) is 3.31. The lowest BCUT2D eigenvalue weighted by Crippen LogP contribution is -1.97. The van der Waals surface area contributed by atoms with E-state index in [0.717, 1.165) is 17.2 Å². The van der Waals surface area contributed by atoms with Crippen LogP contribution >= 0.6 is 23.1 Å². The van der Waals surface area contributed by atoms with Crippen molar-refractivity contribution in [2.75, 3.05) is 5.75 Å². The largest absolute Gasteiger partial charge is 0.481 e. The van der Waals surface area contributed by atoms with Crippen LogP contribution in [0.15, 0.2) is 4.34 Å². The van der Waals surface area contributed by atoms with E-state index in [0.29, 0.717) is 5.92 Å². The van der Waals surface area contributed by atoms with Crippen molar-refractivity contribution in [3.8, 4) is 0 Å². The molecule has 0 saturated heterocycles. The van der Waals surface area contributed by atoms with Gasteiger partial charge in [-0.05, 0) is 19.3 Å². The molecule has 1 unspecified atom stereocenters. The second kappa shape index (κ2) is 4.53. The predicted molar refractivity (Wildman–Crippen MR) is 61.8 cm³/mol. The zero-order valence-corrected chi connectivity index (χ0v) is 10.2. The number of aryl methyl sites for hydroxylation is 1. The third-order valence-electron chi connectivity index (χ3n) is 2.63. The van der Waals surface area contributed by atoms with Gasteiger partial charge in [0.25, 0.3) is 0 Å². The maximum atomic E-state index is 10.4. The quantitative estimate of drug-likeness (QED) is 0.826. The van der Waals surface area contributed by atoms with Crippen molar-refractivity contribution in [2.24, 2.45) is 0 Å². The smallest absolute Gasteiger partial charge is 0.313 e. The minimum atomic E-state index is -0.776. The topological polar surface area (TPSA) is 50.2 Å². The number of nitrogens with zero attached hydrogens (tertiary/aromatic N) is 1. The summed E-state index contributed by atoms with van der Waals surface area (Å²) in [6.07, 6.45) is 3.48. The summed E-state index contributed by atoms with van der Waals surface area (Å²) in [7, 11) is 0. The lowest BCUT2D eigenvalue weighted by molar-refractivity contribution is -0.133. The molecule has 1 atom stereocenters. The number of carboxylic acids is 1. The van der Waals surface area contributed by atoms with Crippen molar-refractivity contribution in [1.29, 1.82) is 0 Å². The van der Waals surface area contributed by atoms with Gasteiger partial charge in [-0.2, -0.15) is 0 Å². The summed E-state index contributed by atoms with van der Waals surface area (Å²) in [5.41, 5.74) is 1.23. The van der Waals surface area contributed by atoms with Gasteiger partial charge in [0.15, 0.2) is 4.34 Å². The molecule has 1 heterocycles. The van der Waals surface area contributed by atoms with Crippen LogP contribution in [0.3, 0.4) is 0 Å². The maximum Gasteiger partial charge on any atom is 0.313 e. The molecule has 0 spiro atoms. The number of thiazole rings is 1. The standard InChI is InChI=1S/C10H13NO2S2/c1-2-6-3-4-7-9(6)11-10(15-7)14-5-8(12)13/h6H,2-5H2,1H3,(H,12,13). The van der Waals surface area contributed by atoms with Crippen LogP contribution < -0.4 is 0 Å². The van der Waals surface area contributed by atoms with Crippen molar-refractivity contribution in [1.82, 2.24) is 4.98 Å². The number of aromatic nitrogens is 1. The molecule has 0 bridgehead atoms. The second-order valence-corrected chi connectivity index (χ2v) is 5.92. The van der Waals surface area contributed by atoms with Crippen molar-refractivity contribution < 1.29 is 9.90 Å². The summed E-state index contributed by atoms with van der Waals surface area (Å²) in [5, 5.41) is 8.58. The molecule has 1 aromatic heterocycles. The number of hydrogen-bond donors (Lipinski definition) is 1. The minimum Gasteiger partial charge on any atom is -0.481 e. The number of hydrogen-bond acceptors (Lipinski definition) is 4. The van der Waals surface area contributed by atoms with E-state index in [1.54, 1.807) is 11.3 Å². The van der Waals surface area contributed by atoms with Crippen LogP contribution in [0, 0.1) is 0 Å². The van der Waals surface area contributed by atoms with Gasteiger partial charge in [-0.25, -0.2) is 4.98 Å². The van der Waals surface area contributed by atoms with Gasteiger partial charge in [-0.15, -0.1) is 11.3 Å². The summed E-state index contributed by atoms with van der Waals surface area (Å²) in [6, 6.07) is 0. The lowest BCUT2D eigenvalue weighted by Gasteiger charge is -2.03. The highest BCUT2D eigenvalue weighted by Crippen LogP contribution is 2.40. The Morgan fingerprint density at radius 2 is 2.53 bits per heavy atom. The monoisotopic (exact) mass is 243 g/mol. The molecule has 1 aliphatic rings. The Labute approximate surface area is 96.9 Å². The fraction of sp³-hybridized carbons (Fsp3) is 0.600. The van der Waals surface area contributed by atoms with Crippen LogP contribution in [0.5, 0.6) is 0 Å². The van der Waals surface area contributed by atoms with Crippen molar-refractivity contribution in [3.05, 3.63) is 10.6 Å². The lowest BCUT2D eigenvalue weighted by atomic mass is 10.1. The van der Waals surface area contributed by atoms with Gasteiger partial charge in [0.1, 0.15) is 0 Å². The normalized spacial score (nSPS) is 19.1. The summed E-state index contributed by atoms with van der Waals surface area (Å²) >= 11 is 3.00. The van der Waals surface area contributed by atoms with Gasteiger partial charge < -0.3 is 5.11 Å². The molecule has 1 N–H and O–H groups in total. The summed E-state index contributed by atoms with van der Waals surface area (Å²) in [6.45, 7) is 2.18. The van der Waals surface area contributed by atoms with Gasteiger partial charge >= 0.3 is 5.97 Å². The fourth-order valence-electron chi connectivity index (χ4n) is 1.86. The molecule has 0 saturated carbocycles. The third-order valence-corrected chi connectivity index (χ3v) is 4.89. The Morgan fingerprint density at radius 1 is 1.73 bits per heavy atom. The molecule has 1 aromatic rings. The highest BCUT2D eigenvalue weighted by Gasteiger charge is 2.25. The van der Waals surface area contributed by atoms with Crippen molar-refractivity contribution in [3.63, 3.8) is 0 Å². The van der Waals surface area contributed by atoms with Crippen LogP contribution in [0.2, 0.25) is 0 Å². The van der Waals surface area contributed by atoms with Crippen LogP contribution in [-0.2, 0) is 11.2 Å². The molecule has 0 aromatic carbocycles. The van der Waals surface area contributed by atoms with E-state index in [1.165, 1.54) is 28.8 Å². The average Bonchev–Trinajstić information content (AvgIpc) is 2.72. The van der Waals surface area contributed by atoms with Crippen LogP contribution in [-0.4, -0.2) is 21.8 Å². The number of rotatable bonds is 4.